The van der Waals surface area contributed by atoms with Gasteiger partial charge in [0.15, 0.2) is 0 Å². The fourth-order valence-electron chi connectivity index (χ4n) is 4.34. The molecule has 172 valence electrons. The average Bonchev–Trinajstić information content (AvgIpc) is 3.39. The molecule has 2 aliphatic carbocycles. The molecule has 0 unspecified atom stereocenters. The highest BCUT2D eigenvalue weighted by Gasteiger charge is 2.25. The maximum Gasteiger partial charge on any atom is 0.333 e. The quantitative estimate of drug-likeness (QED) is 0.491. The van der Waals surface area contributed by atoms with Gasteiger partial charge >= 0.3 is 6.03 Å². The summed E-state index contributed by atoms with van der Waals surface area (Å²) >= 11 is 0. The van der Waals surface area contributed by atoms with Crippen molar-refractivity contribution in [2.45, 2.75) is 57.4 Å². The van der Waals surface area contributed by atoms with Crippen LogP contribution >= 0.6 is 0 Å². The smallest absolute Gasteiger partial charge is 0.310 e. The van der Waals surface area contributed by atoms with Crippen molar-refractivity contribution in [2.75, 3.05) is 18.1 Å². The molecular weight excluding hydrogens is 442 g/mol. The summed E-state index contributed by atoms with van der Waals surface area (Å²) in [6, 6.07) is 1.67. The maximum atomic E-state index is 12.4. The Balaban J connectivity index is 0.000000491. The molecule has 0 bridgehead atoms. The predicted molar refractivity (Wildman–Crippen MR) is 119 cm³/mol. The van der Waals surface area contributed by atoms with Crippen LogP contribution < -0.4 is 15.4 Å². The van der Waals surface area contributed by atoms with Gasteiger partial charge in [0.2, 0.25) is 0 Å². The fourth-order valence-corrected chi connectivity index (χ4v) is 5.12. The molecule has 2 amide bonds. The Labute approximate surface area is 183 Å². The third-order valence-corrected chi connectivity index (χ3v) is 6.52. The zero-order valence-electron chi connectivity index (χ0n) is 17.5. The number of carbonyl (C=O) groups excluding carboxylic acids is 1. The molecule has 0 saturated carbocycles. The number of benzene rings is 1. The second-order valence-electron chi connectivity index (χ2n) is 8.10. The van der Waals surface area contributed by atoms with Gasteiger partial charge in [0, 0.05) is 17.1 Å². The van der Waals surface area contributed by atoms with Gasteiger partial charge in [-0.2, -0.15) is 8.42 Å². The molecule has 0 radical (unpaired) electrons. The van der Waals surface area contributed by atoms with Crippen LogP contribution in [0.1, 0.15) is 47.9 Å². The van der Waals surface area contributed by atoms with Gasteiger partial charge in [0.1, 0.15) is 0 Å². The molecule has 3 aliphatic rings. The second-order valence-corrected chi connectivity index (χ2v) is 11.1. The second kappa shape index (κ2) is 9.68. The lowest BCUT2D eigenvalue weighted by atomic mass is 9.99. The summed E-state index contributed by atoms with van der Waals surface area (Å²) in [6.45, 7) is 0.896. The Bertz CT molecular complexity index is 1030. The Kier molecular flexibility index (Phi) is 7.40. The molecule has 1 aromatic rings. The van der Waals surface area contributed by atoms with Crippen LogP contribution in [0.5, 0.6) is 0 Å². The first-order valence-electron chi connectivity index (χ1n) is 10.4. The van der Waals surface area contributed by atoms with Gasteiger partial charge in [-0.3, -0.25) is 4.55 Å². The number of fused-ring (bicyclic) bond motifs is 2. The first kappa shape index (κ1) is 23.7. The predicted octanol–water partition coefficient (Wildman–Crippen LogP) is 1.88. The van der Waals surface area contributed by atoms with E-state index in [1.165, 1.54) is 22.3 Å². The van der Waals surface area contributed by atoms with E-state index in [1.807, 2.05) is 0 Å². The van der Waals surface area contributed by atoms with Crippen molar-refractivity contribution in [2.24, 2.45) is 0 Å². The standard InChI is InChI=1S/C19H25N3O3S.CH4O3S/c23-19(22-26(24,25)11-9-15-6-3-10-20-15)21-18-16-7-1-4-13(16)12-14-5-2-8-17(14)18;1-5(2,3)4/h9,11-12,15,20H,1-8,10H2,(H2,21,22,23);1H3,(H,2,3,4)/b11-9+;/t15-;/m1./s1. The molecule has 1 heterocycles. The van der Waals surface area contributed by atoms with Gasteiger partial charge in [-0.15, -0.1) is 0 Å². The lowest BCUT2D eigenvalue weighted by Crippen LogP contribution is -2.34. The Morgan fingerprint density at radius 2 is 1.65 bits per heavy atom. The fraction of sp³-hybridized carbons (Fsp3) is 0.550. The molecular formula is C20H29N3O6S2. The number of nitrogens with one attached hydrogen (secondary N) is 3. The zero-order chi connectivity index (χ0) is 22.6. The van der Waals surface area contributed by atoms with Crippen molar-refractivity contribution >= 4 is 31.9 Å². The summed E-state index contributed by atoms with van der Waals surface area (Å²) in [5.41, 5.74) is 5.82. The summed E-state index contributed by atoms with van der Waals surface area (Å²) < 4.78 is 52.3. The molecule has 4 N–H and O–H groups in total. The third kappa shape index (κ3) is 7.03. The van der Waals surface area contributed by atoms with Crippen LogP contribution in [0.4, 0.5) is 10.5 Å². The van der Waals surface area contributed by atoms with Crippen LogP contribution in [-0.4, -0.2) is 46.3 Å². The van der Waals surface area contributed by atoms with Crippen molar-refractivity contribution in [1.29, 1.82) is 0 Å². The summed E-state index contributed by atoms with van der Waals surface area (Å²) in [4.78, 5) is 12.4. The number of rotatable bonds is 4. The average molecular weight is 472 g/mol. The van der Waals surface area contributed by atoms with E-state index in [4.69, 9.17) is 4.55 Å². The third-order valence-electron chi connectivity index (χ3n) is 5.53. The molecule has 1 aliphatic heterocycles. The largest absolute Gasteiger partial charge is 0.333 e. The van der Waals surface area contributed by atoms with Gasteiger partial charge in [-0.25, -0.2) is 17.9 Å². The minimum Gasteiger partial charge on any atom is -0.310 e. The number of aryl methyl sites for hydroxylation is 2. The lowest BCUT2D eigenvalue weighted by Gasteiger charge is -2.16. The van der Waals surface area contributed by atoms with Crippen LogP contribution in [0.25, 0.3) is 0 Å². The zero-order valence-corrected chi connectivity index (χ0v) is 19.1. The number of hydrogen-bond acceptors (Lipinski definition) is 6. The molecule has 0 aromatic heterocycles. The van der Waals surface area contributed by atoms with E-state index in [9.17, 15) is 21.6 Å². The summed E-state index contributed by atoms with van der Waals surface area (Å²) in [7, 11) is -7.47. The highest BCUT2D eigenvalue weighted by Crippen LogP contribution is 2.38. The Morgan fingerprint density at radius 1 is 1.06 bits per heavy atom. The van der Waals surface area contributed by atoms with E-state index in [0.717, 1.165) is 69.0 Å². The number of urea groups is 1. The molecule has 1 aromatic carbocycles. The van der Waals surface area contributed by atoms with Gasteiger partial charge in [0.25, 0.3) is 20.1 Å². The summed E-state index contributed by atoms with van der Waals surface area (Å²) in [6.07, 6.45) is 10.4. The number of anilines is 1. The van der Waals surface area contributed by atoms with Gasteiger partial charge in [0.05, 0.1) is 6.26 Å². The maximum absolute atomic E-state index is 12.4. The highest BCUT2D eigenvalue weighted by atomic mass is 32.2. The van der Waals surface area contributed by atoms with Crippen LogP contribution in [0.3, 0.4) is 0 Å². The van der Waals surface area contributed by atoms with E-state index in [-0.39, 0.29) is 6.04 Å². The first-order chi connectivity index (χ1) is 14.5. The number of hydrogen-bond donors (Lipinski definition) is 4. The molecule has 1 saturated heterocycles. The number of carbonyl (C=O) groups is 1. The van der Waals surface area contributed by atoms with Crippen LogP contribution in [0.15, 0.2) is 17.6 Å². The van der Waals surface area contributed by atoms with Crippen molar-refractivity contribution < 1.29 is 26.2 Å². The van der Waals surface area contributed by atoms with Gasteiger partial charge in [-0.05, 0) is 80.2 Å². The highest BCUT2D eigenvalue weighted by molar-refractivity contribution is 7.92. The summed E-state index contributed by atoms with van der Waals surface area (Å²) in [5.74, 6) is 0. The monoisotopic (exact) mass is 471 g/mol. The van der Waals surface area contributed by atoms with Crippen LogP contribution in [0, 0.1) is 0 Å². The van der Waals surface area contributed by atoms with Crippen LogP contribution in [0.2, 0.25) is 0 Å². The Morgan fingerprint density at radius 3 is 2.16 bits per heavy atom. The topological polar surface area (TPSA) is 142 Å². The minimum absolute atomic E-state index is 0.0651. The first-order valence-corrected chi connectivity index (χ1v) is 13.8. The van der Waals surface area contributed by atoms with E-state index in [1.54, 1.807) is 6.08 Å². The van der Waals surface area contributed by atoms with E-state index in [0.29, 0.717) is 6.26 Å². The van der Waals surface area contributed by atoms with E-state index in [2.05, 4.69) is 21.4 Å². The molecule has 9 nitrogen and oxygen atoms in total. The van der Waals surface area contributed by atoms with Crippen LogP contribution in [-0.2, 0) is 45.8 Å². The van der Waals surface area contributed by atoms with E-state index < -0.39 is 26.2 Å². The van der Waals surface area contributed by atoms with Gasteiger partial charge < -0.3 is 10.6 Å². The molecule has 11 heteroatoms. The van der Waals surface area contributed by atoms with Crippen molar-refractivity contribution in [3.8, 4) is 0 Å². The molecule has 4 rings (SSSR count). The molecule has 1 atom stereocenters. The number of amides is 2. The van der Waals surface area contributed by atoms with Crippen molar-refractivity contribution in [1.82, 2.24) is 10.0 Å². The SMILES string of the molecule is CS(=O)(=O)O.O=C(Nc1c2c(cc3c1CCC3)CCC2)NS(=O)(=O)/C=C/[C@H]1CCCN1. The molecule has 31 heavy (non-hydrogen) atoms. The Hall–Kier alpha value is -1.95. The molecule has 0 spiro atoms. The lowest BCUT2D eigenvalue weighted by molar-refractivity contribution is 0.256. The normalized spacial score (nSPS) is 20.1. The summed E-state index contributed by atoms with van der Waals surface area (Å²) in [5, 5.41) is 7.14. The molecule has 1 fully saturated rings. The minimum atomic E-state index is -3.80. The van der Waals surface area contributed by atoms with Crippen molar-refractivity contribution in [3.05, 3.63) is 39.8 Å². The van der Waals surface area contributed by atoms with Gasteiger partial charge in [-0.1, -0.05) is 12.1 Å². The van der Waals surface area contributed by atoms with E-state index >= 15 is 0 Å². The number of sulfonamides is 1. The van der Waals surface area contributed by atoms with Crippen molar-refractivity contribution in [3.63, 3.8) is 0 Å².